The minimum absolute atomic E-state index is 0.0570. The van der Waals surface area contributed by atoms with Crippen LogP contribution in [0.4, 0.5) is 13.2 Å². The molecule has 0 radical (unpaired) electrons. The molecule has 1 aromatic heterocycles. The molecule has 0 unspecified atom stereocenters. The molecular formula is C33H26ClF3N2O5S2. The Hall–Kier alpha value is -4.13. The highest BCUT2D eigenvalue weighted by Crippen LogP contribution is 2.32. The van der Waals surface area contributed by atoms with Gasteiger partial charge in [-0.1, -0.05) is 41.0 Å². The second kappa shape index (κ2) is 13.3. The number of nitrogens with zero attached hydrogens (tertiary/aromatic N) is 2. The summed E-state index contributed by atoms with van der Waals surface area (Å²) in [5.41, 5.74) is -2.77. The van der Waals surface area contributed by atoms with E-state index in [1.807, 2.05) is 36.6 Å². The van der Waals surface area contributed by atoms with Gasteiger partial charge in [0, 0.05) is 67.1 Å². The Morgan fingerprint density at radius 1 is 0.913 bits per heavy atom. The Kier molecular flexibility index (Phi) is 9.62. The third-order valence-corrected chi connectivity index (χ3v) is 9.41. The van der Waals surface area contributed by atoms with Crippen molar-refractivity contribution < 1.29 is 35.5 Å². The lowest BCUT2D eigenvalue weighted by Crippen LogP contribution is -2.25. The molecule has 0 atom stereocenters. The number of alkyl halides is 3. The van der Waals surface area contributed by atoms with E-state index in [1.165, 1.54) is 17.8 Å². The van der Waals surface area contributed by atoms with E-state index in [1.54, 1.807) is 60.7 Å². The minimum Gasteiger partial charge on any atom is -0.341 e. The van der Waals surface area contributed by atoms with Crippen molar-refractivity contribution in [1.82, 2.24) is 4.57 Å². The molecule has 13 heteroatoms. The predicted octanol–water partition coefficient (Wildman–Crippen LogP) is 8.59. The van der Waals surface area contributed by atoms with Crippen molar-refractivity contribution in [2.45, 2.75) is 37.2 Å². The van der Waals surface area contributed by atoms with Crippen molar-refractivity contribution in [2.24, 2.45) is 5.16 Å². The van der Waals surface area contributed by atoms with Gasteiger partial charge >= 0.3 is 15.6 Å². The highest BCUT2D eigenvalue weighted by atomic mass is 35.5. The first-order chi connectivity index (χ1) is 21.8. The second-order valence-electron chi connectivity index (χ2n) is 10.2. The van der Waals surface area contributed by atoms with Crippen molar-refractivity contribution in [3.8, 4) is 0 Å². The van der Waals surface area contributed by atoms with Gasteiger partial charge in [0.25, 0.3) is 0 Å². The predicted molar refractivity (Wildman–Crippen MR) is 174 cm³/mol. The molecule has 0 spiro atoms. The zero-order valence-corrected chi connectivity index (χ0v) is 26.9. The van der Waals surface area contributed by atoms with Crippen molar-refractivity contribution >= 4 is 72.6 Å². The Morgan fingerprint density at radius 2 is 1.52 bits per heavy atom. The average molecular weight is 687 g/mol. The van der Waals surface area contributed by atoms with Gasteiger partial charge in [0.1, 0.15) is 5.71 Å². The van der Waals surface area contributed by atoms with E-state index >= 15 is 0 Å². The molecule has 0 amide bonds. The van der Waals surface area contributed by atoms with E-state index in [2.05, 4.69) is 9.44 Å². The summed E-state index contributed by atoms with van der Waals surface area (Å²) in [6.07, 6.45) is -0.205. The summed E-state index contributed by atoms with van der Waals surface area (Å²) in [4.78, 5) is 27.8. The van der Waals surface area contributed by atoms with E-state index in [0.717, 1.165) is 21.5 Å². The summed E-state index contributed by atoms with van der Waals surface area (Å²) < 4.78 is 68.1. The monoisotopic (exact) mass is 686 g/mol. The van der Waals surface area contributed by atoms with Gasteiger partial charge in [-0.25, -0.2) is 0 Å². The maximum Gasteiger partial charge on any atom is 0.536 e. The fourth-order valence-corrected chi connectivity index (χ4v) is 6.27. The smallest absolute Gasteiger partial charge is 0.341 e. The van der Waals surface area contributed by atoms with Crippen LogP contribution >= 0.6 is 23.4 Å². The number of ketones is 2. The zero-order chi connectivity index (χ0) is 33.2. The number of carbonyl (C=O) groups is 2. The number of oxime groups is 1. The van der Waals surface area contributed by atoms with Gasteiger partial charge in [0.05, 0.1) is 0 Å². The summed E-state index contributed by atoms with van der Waals surface area (Å²) >= 11 is 7.19. The maximum absolute atomic E-state index is 13.7. The van der Waals surface area contributed by atoms with Crippen LogP contribution in [0.15, 0.2) is 95.0 Å². The van der Waals surface area contributed by atoms with Gasteiger partial charge in [-0.05, 0) is 80.1 Å². The summed E-state index contributed by atoms with van der Waals surface area (Å²) in [6.45, 7) is 4.38. The number of fused-ring (bicyclic) bond motifs is 3. The molecule has 0 saturated heterocycles. The molecule has 0 fully saturated rings. The third-order valence-electron chi connectivity index (χ3n) is 7.31. The van der Waals surface area contributed by atoms with Gasteiger partial charge in [-0.15, -0.1) is 11.8 Å². The Morgan fingerprint density at radius 3 is 2.13 bits per heavy atom. The minimum atomic E-state index is -6.09. The van der Waals surface area contributed by atoms with Crippen LogP contribution in [-0.4, -0.2) is 41.5 Å². The second-order valence-corrected chi connectivity index (χ2v) is 13.4. The van der Waals surface area contributed by atoms with Gasteiger partial charge < -0.3 is 4.57 Å². The Balaban J connectivity index is 1.53. The van der Waals surface area contributed by atoms with E-state index < -0.39 is 27.1 Å². The molecule has 238 valence electrons. The summed E-state index contributed by atoms with van der Waals surface area (Å²) in [7, 11) is -6.09. The molecule has 0 N–H and O–H groups in total. The summed E-state index contributed by atoms with van der Waals surface area (Å²) in [5, 5.41) is 5.03. The number of hydrogen-bond donors (Lipinski definition) is 0. The van der Waals surface area contributed by atoms with Crippen LogP contribution in [0.2, 0.25) is 5.02 Å². The van der Waals surface area contributed by atoms with Crippen LogP contribution in [-0.2, 0) is 20.9 Å². The van der Waals surface area contributed by atoms with Crippen LogP contribution in [0.25, 0.3) is 21.8 Å². The number of rotatable bonds is 11. The molecule has 4 aromatic carbocycles. The zero-order valence-electron chi connectivity index (χ0n) is 24.5. The van der Waals surface area contributed by atoms with Crippen molar-refractivity contribution in [3.63, 3.8) is 0 Å². The number of aryl methyl sites for hydroxylation is 2. The molecule has 5 rings (SSSR count). The lowest BCUT2D eigenvalue weighted by Gasteiger charge is -2.09. The van der Waals surface area contributed by atoms with Crippen molar-refractivity contribution in [2.75, 3.05) is 5.75 Å². The van der Waals surface area contributed by atoms with Gasteiger partial charge in [0.15, 0.2) is 5.78 Å². The van der Waals surface area contributed by atoms with Crippen molar-refractivity contribution in [1.29, 1.82) is 0 Å². The third kappa shape index (κ3) is 6.84. The molecule has 5 aromatic rings. The molecule has 0 bridgehead atoms. The first-order valence-corrected chi connectivity index (χ1v) is 16.7. The Bertz CT molecular complexity index is 2110. The lowest BCUT2D eigenvalue weighted by molar-refractivity contribution is -0.0541. The number of halogens is 4. The summed E-state index contributed by atoms with van der Waals surface area (Å²) in [6, 6.07) is 24.1. The quantitative estimate of drug-likeness (QED) is 0.0454. The summed E-state index contributed by atoms with van der Waals surface area (Å²) in [5.74, 6) is -0.801. The highest BCUT2D eigenvalue weighted by Gasteiger charge is 2.49. The molecule has 0 aliphatic heterocycles. The Labute approximate surface area is 272 Å². The highest BCUT2D eigenvalue weighted by molar-refractivity contribution is 7.99. The standard InChI is InChI=1S/C33H26ClF3N2O5S2/c1-3-39-29-14-8-21(31(40)25-7-5-4-6-20(25)2)18-26(29)27-19-22(9-15-30(27)39)32(41)28(38-44-46(42,43)33(35,36)37)16-17-45-24-12-10-23(34)11-13-24/h4-15,18-19H,3,16-17H2,1-2H3/b38-28+. The number of aromatic nitrogens is 1. The number of hydrogen-bond acceptors (Lipinski definition) is 7. The fraction of sp³-hybridized carbons (Fsp3) is 0.182. The molecule has 0 aliphatic rings. The first-order valence-electron chi connectivity index (χ1n) is 14.0. The van der Waals surface area contributed by atoms with Crippen LogP contribution in [0.5, 0.6) is 0 Å². The molecule has 0 saturated carbocycles. The van der Waals surface area contributed by atoms with Crippen LogP contribution in [0.1, 0.15) is 45.2 Å². The molecular weight excluding hydrogens is 661 g/mol. The fourth-order valence-electron chi connectivity index (χ4n) is 5.01. The largest absolute Gasteiger partial charge is 0.536 e. The number of thioether (sulfide) groups is 1. The van der Waals surface area contributed by atoms with E-state index in [0.29, 0.717) is 33.5 Å². The number of Topliss-reactive ketones (excluding diaryl/α,β-unsaturated/α-hetero) is 1. The lowest BCUT2D eigenvalue weighted by atomic mass is 9.97. The normalized spacial score (nSPS) is 12.5. The van der Waals surface area contributed by atoms with Gasteiger partial charge in [-0.2, -0.15) is 21.6 Å². The SMILES string of the molecule is CCn1c2ccc(C(=O)/C(CCSc3ccc(Cl)cc3)=N/OS(=O)(=O)C(F)(F)F)cc2c2cc(C(=O)c3ccccc3C)ccc21. The average Bonchev–Trinajstić information content (AvgIpc) is 3.34. The van der Waals surface area contributed by atoms with E-state index in [9.17, 15) is 31.2 Å². The van der Waals surface area contributed by atoms with E-state index in [4.69, 9.17) is 11.6 Å². The number of carbonyl (C=O) groups excluding carboxylic acids is 2. The first kappa shape index (κ1) is 33.2. The topological polar surface area (TPSA) is 94.8 Å². The van der Waals surface area contributed by atoms with Crippen LogP contribution in [0.3, 0.4) is 0 Å². The van der Waals surface area contributed by atoms with Crippen molar-refractivity contribution in [3.05, 3.63) is 112 Å². The maximum atomic E-state index is 13.7. The molecule has 46 heavy (non-hydrogen) atoms. The van der Waals surface area contributed by atoms with Gasteiger partial charge in [0.2, 0.25) is 5.78 Å². The van der Waals surface area contributed by atoms with Gasteiger partial charge in [-0.3, -0.25) is 13.9 Å². The molecule has 7 nitrogen and oxygen atoms in total. The van der Waals surface area contributed by atoms with Crippen LogP contribution < -0.4 is 0 Å². The van der Waals surface area contributed by atoms with E-state index in [-0.39, 0.29) is 23.5 Å². The molecule has 0 aliphatic carbocycles. The van der Waals surface area contributed by atoms with Crippen LogP contribution in [0, 0.1) is 6.92 Å². The molecule has 1 heterocycles. The number of benzene rings is 4.